The first-order valence-corrected chi connectivity index (χ1v) is 9.58. The van der Waals surface area contributed by atoms with Crippen LogP contribution in [-0.2, 0) is 9.63 Å². The van der Waals surface area contributed by atoms with E-state index >= 15 is 0 Å². The van der Waals surface area contributed by atoms with Crippen LogP contribution in [0.2, 0.25) is 0 Å². The number of hydrogen-bond acceptors (Lipinski definition) is 6. The minimum absolute atomic E-state index is 0.0836. The molecule has 0 saturated carbocycles. The van der Waals surface area contributed by atoms with E-state index < -0.39 is 10.9 Å². The molecule has 0 radical (unpaired) electrons. The number of nitro benzene ring substituents is 1. The van der Waals surface area contributed by atoms with E-state index in [1.165, 1.54) is 18.6 Å². The molecule has 7 nitrogen and oxygen atoms in total. The lowest BCUT2D eigenvalue weighted by Crippen LogP contribution is -2.07. The molecule has 3 rings (SSSR count). The Hall–Kier alpha value is -3.48. The number of carbonyl (C=O) groups excluding carboxylic acids is 1. The highest BCUT2D eigenvalue weighted by Crippen LogP contribution is 2.27. The molecular weight excluding hydrogens is 372 g/mol. The second-order valence-corrected chi connectivity index (χ2v) is 6.63. The fourth-order valence-corrected chi connectivity index (χ4v) is 2.98. The molecule has 2 aromatic carbocycles. The van der Waals surface area contributed by atoms with Crippen molar-refractivity contribution in [1.82, 2.24) is 0 Å². The van der Waals surface area contributed by atoms with Gasteiger partial charge in [-0.2, -0.15) is 0 Å². The third-order valence-electron chi connectivity index (χ3n) is 4.50. The number of unbranched alkanes of at least 4 members (excludes halogenated alkanes) is 3. The van der Waals surface area contributed by atoms with Crippen molar-refractivity contribution >= 4 is 23.4 Å². The van der Waals surface area contributed by atoms with Gasteiger partial charge in [-0.05, 0) is 18.6 Å². The Kier molecular flexibility index (Phi) is 6.73. The monoisotopic (exact) mass is 394 g/mol. The van der Waals surface area contributed by atoms with Crippen LogP contribution in [0.15, 0.2) is 59.3 Å². The maximum atomic E-state index is 12.2. The summed E-state index contributed by atoms with van der Waals surface area (Å²) in [4.78, 5) is 27.6. The number of benzene rings is 2. The van der Waals surface area contributed by atoms with Crippen LogP contribution in [-0.4, -0.2) is 23.2 Å². The molecule has 2 aromatic rings. The van der Waals surface area contributed by atoms with E-state index in [1.807, 2.05) is 24.3 Å². The first-order valence-electron chi connectivity index (χ1n) is 9.58. The van der Waals surface area contributed by atoms with Crippen molar-refractivity contribution in [3.8, 4) is 5.75 Å². The summed E-state index contributed by atoms with van der Waals surface area (Å²) in [6.07, 6.45) is 6.04. The highest BCUT2D eigenvalue weighted by atomic mass is 16.7. The first kappa shape index (κ1) is 20.3. The third-order valence-corrected chi connectivity index (χ3v) is 4.50. The van der Waals surface area contributed by atoms with E-state index in [-0.39, 0.29) is 17.0 Å². The Balaban J connectivity index is 1.85. The average molecular weight is 394 g/mol. The van der Waals surface area contributed by atoms with Crippen LogP contribution in [0.25, 0.3) is 6.08 Å². The van der Waals surface area contributed by atoms with Gasteiger partial charge in [0.15, 0.2) is 0 Å². The summed E-state index contributed by atoms with van der Waals surface area (Å²) in [5.74, 6) is 0.0545. The van der Waals surface area contributed by atoms with Crippen molar-refractivity contribution in [3.63, 3.8) is 0 Å². The van der Waals surface area contributed by atoms with E-state index in [2.05, 4.69) is 12.1 Å². The predicted molar refractivity (Wildman–Crippen MR) is 110 cm³/mol. The van der Waals surface area contributed by atoms with Gasteiger partial charge in [0.25, 0.3) is 5.69 Å². The van der Waals surface area contributed by atoms with Crippen LogP contribution >= 0.6 is 0 Å². The molecule has 0 N–H and O–H groups in total. The normalized spacial score (nSPS) is 14.6. The van der Waals surface area contributed by atoms with Gasteiger partial charge < -0.3 is 9.57 Å². The average Bonchev–Trinajstić information content (AvgIpc) is 3.09. The zero-order valence-electron chi connectivity index (χ0n) is 16.2. The van der Waals surface area contributed by atoms with Crippen molar-refractivity contribution in [2.75, 3.05) is 6.61 Å². The van der Waals surface area contributed by atoms with Crippen LogP contribution in [0.3, 0.4) is 0 Å². The molecule has 0 fully saturated rings. The van der Waals surface area contributed by atoms with Gasteiger partial charge in [0.1, 0.15) is 11.5 Å². The van der Waals surface area contributed by atoms with Crippen molar-refractivity contribution in [1.29, 1.82) is 0 Å². The zero-order valence-corrected chi connectivity index (χ0v) is 16.2. The molecule has 0 aromatic heterocycles. The van der Waals surface area contributed by atoms with Crippen LogP contribution in [0.4, 0.5) is 5.69 Å². The van der Waals surface area contributed by atoms with Gasteiger partial charge in [-0.1, -0.05) is 61.7 Å². The molecule has 0 atom stereocenters. The Morgan fingerprint density at radius 3 is 2.76 bits per heavy atom. The van der Waals surface area contributed by atoms with Gasteiger partial charge in [-0.15, -0.1) is 0 Å². The molecule has 0 spiro atoms. The zero-order chi connectivity index (χ0) is 20.6. The highest BCUT2D eigenvalue weighted by molar-refractivity contribution is 6.31. The van der Waals surface area contributed by atoms with Crippen molar-refractivity contribution in [3.05, 3.63) is 75.3 Å². The minimum atomic E-state index is -0.607. The molecule has 150 valence electrons. The Morgan fingerprint density at radius 1 is 1.14 bits per heavy atom. The summed E-state index contributed by atoms with van der Waals surface area (Å²) in [5, 5.41) is 14.9. The van der Waals surface area contributed by atoms with Crippen molar-refractivity contribution in [2.45, 2.75) is 32.6 Å². The maximum Gasteiger partial charge on any atom is 0.368 e. The second kappa shape index (κ2) is 9.64. The van der Waals surface area contributed by atoms with Crippen molar-refractivity contribution in [2.24, 2.45) is 5.16 Å². The van der Waals surface area contributed by atoms with Crippen molar-refractivity contribution < 1.29 is 19.3 Å². The summed E-state index contributed by atoms with van der Waals surface area (Å²) < 4.78 is 5.89. The summed E-state index contributed by atoms with van der Waals surface area (Å²) in [7, 11) is 0. The number of para-hydroxylation sites is 1. The summed E-state index contributed by atoms with van der Waals surface area (Å²) in [6.45, 7) is 2.75. The molecule has 1 heterocycles. The van der Waals surface area contributed by atoms with Gasteiger partial charge >= 0.3 is 5.97 Å². The SMILES string of the molecule is CCCCCCOc1ccccc1/C=C1/C(=O)ON=C1c1cccc([N+](=O)[O-])c1. The summed E-state index contributed by atoms with van der Waals surface area (Å²) in [6, 6.07) is 13.3. The number of nitro groups is 1. The summed E-state index contributed by atoms with van der Waals surface area (Å²) >= 11 is 0. The Morgan fingerprint density at radius 2 is 1.97 bits per heavy atom. The van der Waals surface area contributed by atoms with Gasteiger partial charge in [-0.25, -0.2) is 4.79 Å². The van der Waals surface area contributed by atoms with Gasteiger partial charge in [-0.3, -0.25) is 10.1 Å². The smallest absolute Gasteiger partial charge is 0.368 e. The molecule has 0 unspecified atom stereocenters. The van der Waals surface area contributed by atoms with Crippen LogP contribution in [0.5, 0.6) is 5.75 Å². The minimum Gasteiger partial charge on any atom is -0.493 e. The van der Waals surface area contributed by atoms with Gasteiger partial charge in [0.2, 0.25) is 0 Å². The Labute approximate surface area is 168 Å². The van der Waals surface area contributed by atoms with E-state index in [1.54, 1.807) is 18.2 Å². The standard InChI is InChI=1S/C22H22N2O5/c1-2-3-4-7-13-28-20-12-6-5-9-16(20)15-19-21(23-29-22(19)25)17-10-8-11-18(14-17)24(26)27/h5-6,8-12,14-15H,2-4,7,13H2,1H3/b19-15+. The van der Waals surface area contributed by atoms with E-state index in [4.69, 9.17) is 9.57 Å². The quantitative estimate of drug-likeness (QED) is 0.198. The number of carbonyl (C=O) groups is 1. The second-order valence-electron chi connectivity index (χ2n) is 6.63. The van der Waals surface area contributed by atoms with Crippen LogP contribution < -0.4 is 4.74 Å². The summed E-state index contributed by atoms with van der Waals surface area (Å²) in [5.41, 5.74) is 1.56. The number of hydrogen-bond donors (Lipinski definition) is 0. The molecule has 0 amide bonds. The lowest BCUT2D eigenvalue weighted by atomic mass is 10.00. The molecule has 1 aliphatic heterocycles. The molecule has 1 aliphatic rings. The fraction of sp³-hybridized carbons (Fsp3) is 0.273. The lowest BCUT2D eigenvalue weighted by Gasteiger charge is -2.09. The molecule has 7 heteroatoms. The molecule has 0 bridgehead atoms. The largest absolute Gasteiger partial charge is 0.493 e. The predicted octanol–water partition coefficient (Wildman–Crippen LogP) is 4.90. The fourth-order valence-electron chi connectivity index (χ4n) is 2.98. The molecule has 0 saturated heterocycles. The van der Waals surface area contributed by atoms with Gasteiger partial charge in [0, 0.05) is 23.3 Å². The van der Waals surface area contributed by atoms with E-state index in [0.29, 0.717) is 17.9 Å². The number of rotatable bonds is 9. The van der Waals surface area contributed by atoms with Crippen LogP contribution in [0.1, 0.15) is 43.7 Å². The van der Waals surface area contributed by atoms with Gasteiger partial charge in [0.05, 0.1) is 17.1 Å². The molecule has 29 heavy (non-hydrogen) atoms. The highest BCUT2D eigenvalue weighted by Gasteiger charge is 2.28. The number of non-ortho nitro benzene ring substituents is 1. The number of ether oxygens (including phenoxy) is 1. The number of oxime groups is 1. The number of nitrogens with zero attached hydrogens (tertiary/aromatic N) is 2. The van der Waals surface area contributed by atoms with E-state index in [0.717, 1.165) is 24.8 Å². The molecular formula is C22H22N2O5. The third kappa shape index (κ3) is 5.07. The maximum absolute atomic E-state index is 12.2. The molecule has 0 aliphatic carbocycles. The topological polar surface area (TPSA) is 91.0 Å². The first-order chi connectivity index (χ1) is 14.1. The Bertz CT molecular complexity index is 965. The van der Waals surface area contributed by atoms with E-state index in [9.17, 15) is 14.9 Å². The van der Waals surface area contributed by atoms with Crippen LogP contribution in [0, 0.1) is 10.1 Å². The lowest BCUT2D eigenvalue weighted by molar-refractivity contribution is -0.384.